The molecule has 0 amide bonds. The van der Waals surface area contributed by atoms with Gasteiger partial charge in [0.15, 0.2) is 0 Å². The summed E-state index contributed by atoms with van der Waals surface area (Å²) in [6.45, 7) is -2.26. The summed E-state index contributed by atoms with van der Waals surface area (Å²) in [4.78, 5) is 0. The molecule has 2 aliphatic carbocycles. The van der Waals surface area contributed by atoms with Crippen molar-refractivity contribution in [3.8, 4) is 0 Å². The van der Waals surface area contributed by atoms with Gasteiger partial charge in [0.25, 0.3) is 6.69 Å². The number of benzene rings is 1. The Bertz CT molecular complexity index is 377. The lowest BCUT2D eigenvalue weighted by molar-refractivity contribution is 0.476. The van der Waals surface area contributed by atoms with Gasteiger partial charge in [0.05, 0.1) is 0 Å². The Hall–Kier alpha value is 0.0169. The zero-order valence-corrected chi connectivity index (χ0v) is 11.7. The number of halogens is 2. The van der Waals surface area contributed by atoms with Crippen molar-refractivity contribution in [2.24, 2.45) is 11.8 Å². The van der Waals surface area contributed by atoms with E-state index in [0.717, 1.165) is 11.8 Å². The van der Waals surface area contributed by atoms with Crippen LogP contribution in [0.3, 0.4) is 0 Å². The normalized spacial score (nSPS) is 33.2. The first-order valence-corrected chi connectivity index (χ1v) is 10.2. The van der Waals surface area contributed by atoms with Crippen LogP contribution in [0.5, 0.6) is 0 Å². The Morgan fingerprint density at radius 3 is 2.31 bits per heavy atom. The first kappa shape index (κ1) is 11.1. The van der Waals surface area contributed by atoms with Crippen LogP contribution in [0.2, 0.25) is 5.54 Å². The van der Waals surface area contributed by atoms with Gasteiger partial charge in [-0.1, -0.05) is 43.2 Å². The monoisotopic (exact) mass is 270 g/mol. The fourth-order valence-corrected chi connectivity index (χ4v) is 8.51. The summed E-state index contributed by atoms with van der Waals surface area (Å²) in [5.74, 6) is 1.73. The molecule has 1 aromatic rings. The molecule has 0 heterocycles. The third kappa shape index (κ3) is 1.73. The summed E-state index contributed by atoms with van der Waals surface area (Å²) in [5.41, 5.74) is 0.594. The molecule has 2 bridgehead atoms. The Morgan fingerprint density at radius 2 is 1.75 bits per heavy atom. The van der Waals surface area contributed by atoms with Crippen LogP contribution in [0.4, 0.5) is 0 Å². The predicted molar refractivity (Wildman–Crippen MR) is 72.7 cm³/mol. The standard InChI is InChI=1S/C13H16Cl2Si/c14-16(15,12-4-2-1-3-5-12)13-9-10-6-7-11(13)8-10/h1-5,10-11,13H,6-9H2/t10-,11+,13+/m0/s1. The average Bonchev–Trinajstić information content (AvgIpc) is 2.92. The van der Waals surface area contributed by atoms with Gasteiger partial charge in [0.1, 0.15) is 0 Å². The van der Waals surface area contributed by atoms with Crippen molar-refractivity contribution < 1.29 is 0 Å². The molecule has 0 N–H and O–H groups in total. The van der Waals surface area contributed by atoms with Crippen LogP contribution in [0.15, 0.2) is 30.3 Å². The highest BCUT2D eigenvalue weighted by molar-refractivity contribution is 7.51. The first-order chi connectivity index (χ1) is 7.68. The van der Waals surface area contributed by atoms with Crippen molar-refractivity contribution in [1.82, 2.24) is 0 Å². The van der Waals surface area contributed by atoms with Crippen LogP contribution in [0.25, 0.3) is 0 Å². The van der Waals surface area contributed by atoms with Crippen LogP contribution >= 0.6 is 22.2 Å². The Labute approximate surface area is 107 Å². The van der Waals surface area contributed by atoms with E-state index in [1.165, 1.54) is 30.9 Å². The number of hydrogen-bond acceptors (Lipinski definition) is 0. The molecule has 86 valence electrons. The van der Waals surface area contributed by atoms with E-state index in [2.05, 4.69) is 24.3 Å². The fraction of sp³-hybridized carbons (Fsp3) is 0.538. The topological polar surface area (TPSA) is 0 Å². The highest BCUT2D eigenvalue weighted by Crippen LogP contribution is 2.56. The lowest BCUT2D eigenvalue weighted by Gasteiger charge is -2.31. The minimum absolute atomic E-state index is 0.594. The average molecular weight is 271 g/mol. The molecule has 0 saturated heterocycles. The molecule has 3 rings (SSSR count). The second-order valence-corrected chi connectivity index (χ2v) is 12.0. The van der Waals surface area contributed by atoms with Crippen molar-refractivity contribution in [2.75, 3.05) is 0 Å². The Morgan fingerprint density at radius 1 is 1.00 bits per heavy atom. The molecule has 0 radical (unpaired) electrons. The summed E-state index contributed by atoms with van der Waals surface area (Å²) < 4.78 is 0. The quantitative estimate of drug-likeness (QED) is 0.563. The summed E-state index contributed by atoms with van der Waals surface area (Å²) in [5, 5.41) is 1.20. The second-order valence-electron chi connectivity index (χ2n) is 5.27. The zero-order chi connectivity index (χ0) is 11.2. The summed E-state index contributed by atoms with van der Waals surface area (Å²) in [7, 11) is 0. The molecule has 0 aliphatic heterocycles. The third-order valence-corrected chi connectivity index (χ3v) is 10.1. The third-order valence-electron chi connectivity index (χ3n) is 4.36. The van der Waals surface area contributed by atoms with E-state index < -0.39 is 6.69 Å². The molecular formula is C13H16Cl2Si. The number of rotatable bonds is 2. The lowest BCUT2D eigenvalue weighted by Crippen LogP contribution is -2.43. The molecule has 16 heavy (non-hydrogen) atoms. The minimum Gasteiger partial charge on any atom is -0.139 e. The van der Waals surface area contributed by atoms with E-state index in [9.17, 15) is 0 Å². The van der Waals surface area contributed by atoms with E-state index in [0.29, 0.717) is 5.54 Å². The first-order valence-electron chi connectivity index (χ1n) is 6.11. The van der Waals surface area contributed by atoms with Gasteiger partial charge in [-0.25, -0.2) is 0 Å². The Balaban J connectivity index is 1.88. The van der Waals surface area contributed by atoms with Gasteiger partial charge in [-0.15, -0.1) is 22.2 Å². The molecule has 0 spiro atoms. The van der Waals surface area contributed by atoms with E-state index in [1.54, 1.807) is 0 Å². The van der Waals surface area contributed by atoms with E-state index in [4.69, 9.17) is 22.2 Å². The van der Waals surface area contributed by atoms with Crippen molar-refractivity contribution in [3.63, 3.8) is 0 Å². The molecule has 3 heteroatoms. The maximum absolute atomic E-state index is 6.77. The predicted octanol–water partition coefficient (Wildman–Crippen LogP) is 4.00. The lowest BCUT2D eigenvalue weighted by atomic mass is 10.0. The van der Waals surface area contributed by atoms with Crippen LogP contribution < -0.4 is 5.19 Å². The molecule has 0 aromatic heterocycles. The molecule has 2 aliphatic rings. The van der Waals surface area contributed by atoms with Gasteiger partial charge >= 0.3 is 0 Å². The number of fused-ring (bicyclic) bond motifs is 2. The maximum atomic E-state index is 6.77. The second kappa shape index (κ2) is 4.04. The van der Waals surface area contributed by atoms with E-state index in [-0.39, 0.29) is 0 Å². The highest BCUT2D eigenvalue weighted by atomic mass is 35.7. The zero-order valence-electron chi connectivity index (χ0n) is 9.20. The molecule has 0 nitrogen and oxygen atoms in total. The van der Waals surface area contributed by atoms with Gasteiger partial charge in [-0.3, -0.25) is 0 Å². The largest absolute Gasteiger partial charge is 0.284 e. The van der Waals surface area contributed by atoms with Crippen LogP contribution in [-0.4, -0.2) is 6.69 Å². The van der Waals surface area contributed by atoms with Crippen LogP contribution in [0.1, 0.15) is 25.7 Å². The molecule has 1 aromatic carbocycles. The minimum atomic E-state index is -2.26. The van der Waals surface area contributed by atoms with Crippen LogP contribution in [0, 0.1) is 11.8 Å². The van der Waals surface area contributed by atoms with Gasteiger partial charge in [-0.2, -0.15) is 0 Å². The van der Waals surface area contributed by atoms with Gasteiger partial charge in [0, 0.05) is 0 Å². The fourth-order valence-electron chi connectivity index (χ4n) is 3.56. The van der Waals surface area contributed by atoms with Crippen molar-refractivity contribution in [2.45, 2.75) is 31.2 Å². The maximum Gasteiger partial charge on any atom is 0.284 e. The number of hydrogen-bond donors (Lipinski definition) is 0. The molecule has 0 unspecified atom stereocenters. The van der Waals surface area contributed by atoms with Crippen molar-refractivity contribution >= 4 is 34.0 Å². The van der Waals surface area contributed by atoms with E-state index in [1.807, 2.05) is 6.07 Å². The summed E-state index contributed by atoms with van der Waals surface area (Å²) in [6, 6.07) is 10.4. The molecule has 2 fully saturated rings. The van der Waals surface area contributed by atoms with Crippen molar-refractivity contribution in [3.05, 3.63) is 30.3 Å². The van der Waals surface area contributed by atoms with Crippen molar-refractivity contribution in [1.29, 1.82) is 0 Å². The molecule has 3 atom stereocenters. The molecular weight excluding hydrogens is 255 g/mol. The SMILES string of the molecule is Cl[Si](Cl)(c1ccccc1)[C@@H]1C[C@H]2CC[C@@H]1C2. The smallest absolute Gasteiger partial charge is 0.139 e. The van der Waals surface area contributed by atoms with Crippen LogP contribution in [-0.2, 0) is 0 Å². The van der Waals surface area contributed by atoms with E-state index >= 15 is 0 Å². The van der Waals surface area contributed by atoms with Gasteiger partial charge in [-0.05, 0) is 35.4 Å². The highest BCUT2D eigenvalue weighted by Gasteiger charge is 2.51. The molecule has 2 saturated carbocycles. The summed E-state index contributed by atoms with van der Waals surface area (Å²) >= 11 is 13.5. The van der Waals surface area contributed by atoms with Gasteiger partial charge in [0.2, 0.25) is 0 Å². The Kier molecular flexibility index (Phi) is 2.81. The van der Waals surface area contributed by atoms with Gasteiger partial charge < -0.3 is 0 Å². The summed E-state index contributed by atoms with van der Waals surface area (Å²) in [6.07, 6.45) is 5.43.